The largest absolute Gasteiger partial charge is 0.457 e. The van der Waals surface area contributed by atoms with Gasteiger partial charge in [0, 0.05) is 39.5 Å². The molecule has 1 saturated heterocycles. The van der Waals surface area contributed by atoms with Crippen LogP contribution < -0.4 is 0 Å². The molecular formula is C43H75NO10Si. The molecule has 0 saturated carbocycles. The lowest BCUT2D eigenvalue weighted by Crippen LogP contribution is -2.48. The summed E-state index contributed by atoms with van der Waals surface area (Å²) in [5.41, 5.74) is -0.0653. The van der Waals surface area contributed by atoms with Crippen LogP contribution in [0.25, 0.3) is 0 Å². The van der Waals surface area contributed by atoms with Crippen LogP contribution in [-0.4, -0.2) is 100 Å². The summed E-state index contributed by atoms with van der Waals surface area (Å²) in [7, 11) is 1.27. The van der Waals surface area contributed by atoms with Crippen LogP contribution in [0.3, 0.4) is 0 Å². The summed E-state index contributed by atoms with van der Waals surface area (Å²) in [6.45, 7) is 24.3. The number of epoxide rings is 1. The quantitative estimate of drug-likeness (QED) is 0.0238. The first kappa shape index (κ1) is 48.6. The Labute approximate surface area is 334 Å². The Hall–Kier alpha value is -2.51. The fraction of sp³-hybridized carbons (Fsp3) is 0.791. The first-order valence-electron chi connectivity index (χ1n) is 20.8. The van der Waals surface area contributed by atoms with Gasteiger partial charge in [-0.25, -0.2) is 4.79 Å². The van der Waals surface area contributed by atoms with Crippen molar-refractivity contribution in [1.29, 1.82) is 0 Å². The van der Waals surface area contributed by atoms with E-state index >= 15 is 0 Å². The summed E-state index contributed by atoms with van der Waals surface area (Å²) in [5.74, 6) is -0.644. The van der Waals surface area contributed by atoms with Gasteiger partial charge in [-0.05, 0) is 89.1 Å². The van der Waals surface area contributed by atoms with Crippen LogP contribution in [0.1, 0.15) is 115 Å². The summed E-state index contributed by atoms with van der Waals surface area (Å²) < 4.78 is 43.2. The van der Waals surface area contributed by atoms with E-state index in [1.165, 1.54) is 11.8 Å². The highest BCUT2D eigenvalue weighted by molar-refractivity contribution is 6.73. The molecule has 0 bridgehead atoms. The molecule has 2 aliphatic rings. The normalized spacial score (nSPS) is 29.0. The summed E-state index contributed by atoms with van der Waals surface area (Å²) in [5, 5.41) is 0. The number of cyclic esters (lactones) is 1. The molecule has 0 spiro atoms. The Balaban J connectivity index is 2.36. The number of allylic oxidation sites excluding steroid dienone is 3. The molecule has 316 valence electrons. The van der Waals surface area contributed by atoms with Gasteiger partial charge in [-0.3, -0.25) is 9.59 Å². The first-order chi connectivity index (χ1) is 25.9. The number of esters is 2. The second-order valence-electron chi connectivity index (χ2n) is 16.1. The summed E-state index contributed by atoms with van der Waals surface area (Å²) in [4.78, 5) is 39.9. The molecule has 11 nitrogen and oxygen atoms in total. The number of ether oxygens (including phenoxy) is 6. The standard InChI is InChI=1S/C43H75NO10Si/c1-15-36(51-42(47)44(13)14)32(9)41-37(50-41)27-29(6)21-20-22-30(7)40-31(8)23-24-38(49-33(10)45)43(12,53-34(11)48-16-2)26-25-35(28-39(46)52-40)54-55(17-3,18-4)19-5/h20-24,29,31-32,34-38,40-41H,15-19,25-28H2,1-14H3. The zero-order chi connectivity index (χ0) is 41.5. The number of hydrogen-bond acceptors (Lipinski definition) is 10. The fourth-order valence-electron chi connectivity index (χ4n) is 7.59. The van der Waals surface area contributed by atoms with Crippen LogP contribution in [-0.2, 0) is 42.4 Å². The maximum Gasteiger partial charge on any atom is 0.409 e. The van der Waals surface area contributed by atoms with Gasteiger partial charge < -0.3 is 37.7 Å². The van der Waals surface area contributed by atoms with Gasteiger partial charge in [0.25, 0.3) is 0 Å². The van der Waals surface area contributed by atoms with Gasteiger partial charge in [-0.15, -0.1) is 0 Å². The van der Waals surface area contributed by atoms with Crippen LogP contribution in [0.5, 0.6) is 0 Å². The molecule has 12 heteroatoms. The molecular weight excluding hydrogens is 719 g/mol. The SMILES string of the molecule is CCOC(C)OC1(C)CCC(O[Si](CC)(CC)CC)CC(=O)OC(C(C)=CC=CC(C)CC2OC2C(C)C(CC)OC(=O)N(C)C)C(C)C=CC1OC(C)=O. The molecule has 2 heterocycles. The highest BCUT2D eigenvalue weighted by Crippen LogP contribution is 2.38. The Morgan fingerprint density at radius 1 is 1.05 bits per heavy atom. The van der Waals surface area contributed by atoms with Crippen LogP contribution in [0.15, 0.2) is 36.0 Å². The third-order valence-electron chi connectivity index (χ3n) is 11.4. The maximum atomic E-state index is 13.8. The lowest BCUT2D eigenvalue weighted by molar-refractivity contribution is -0.227. The van der Waals surface area contributed by atoms with E-state index in [0.717, 1.165) is 36.5 Å². The molecule has 55 heavy (non-hydrogen) atoms. The zero-order valence-electron chi connectivity index (χ0n) is 36.6. The number of hydrogen-bond donors (Lipinski definition) is 0. The Kier molecular flexibility index (Phi) is 20.4. The highest BCUT2D eigenvalue weighted by atomic mass is 28.4. The first-order valence-corrected chi connectivity index (χ1v) is 23.3. The van der Waals surface area contributed by atoms with E-state index in [4.69, 9.17) is 32.8 Å². The summed E-state index contributed by atoms with van der Waals surface area (Å²) in [6.07, 6.45) is 10.1. The van der Waals surface area contributed by atoms with E-state index in [9.17, 15) is 14.4 Å². The molecule has 0 aromatic heterocycles. The average Bonchev–Trinajstić information content (AvgIpc) is 3.90. The predicted molar refractivity (Wildman–Crippen MR) is 219 cm³/mol. The van der Waals surface area contributed by atoms with Crippen LogP contribution in [0, 0.1) is 17.8 Å². The van der Waals surface area contributed by atoms with Crippen molar-refractivity contribution in [2.45, 2.75) is 182 Å². The Morgan fingerprint density at radius 2 is 1.71 bits per heavy atom. The van der Waals surface area contributed by atoms with E-state index in [1.54, 1.807) is 14.1 Å². The minimum atomic E-state index is -2.10. The summed E-state index contributed by atoms with van der Waals surface area (Å²) >= 11 is 0. The molecule has 0 aromatic rings. The topological polar surface area (TPSA) is 122 Å². The van der Waals surface area contributed by atoms with Gasteiger partial charge in [0.1, 0.15) is 23.9 Å². The van der Waals surface area contributed by atoms with Crippen LogP contribution in [0.4, 0.5) is 4.79 Å². The minimum absolute atomic E-state index is 0.0503. The molecule has 0 aromatic carbocycles. The zero-order valence-corrected chi connectivity index (χ0v) is 37.6. The average molecular weight is 794 g/mol. The van der Waals surface area contributed by atoms with Crippen molar-refractivity contribution in [2.75, 3.05) is 20.7 Å². The van der Waals surface area contributed by atoms with Gasteiger partial charge in [0.2, 0.25) is 0 Å². The molecule has 1 amide bonds. The lowest BCUT2D eigenvalue weighted by atomic mass is 9.88. The molecule has 11 unspecified atom stereocenters. The number of nitrogens with zero attached hydrogens (tertiary/aromatic N) is 1. The van der Waals surface area contributed by atoms with Crippen molar-refractivity contribution >= 4 is 26.3 Å². The fourth-order valence-corrected chi connectivity index (χ4v) is 10.5. The number of rotatable bonds is 19. The predicted octanol–water partition coefficient (Wildman–Crippen LogP) is 9.16. The van der Waals surface area contributed by atoms with Crippen LogP contribution in [0.2, 0.25) is 18.1 Å². The second-order valence-corrected chi connectivity index (χ2v) is 20.8. The van der Waals surface area contributed by atoms with Gasteiger partial charge in [0.05, 0.1) is 24.7 Å². The third kappa shape index (κ3) is 15.4. The molecule has 11 atom stereocenters. The molecule has 1 fully saturated rings. The minimum Gasteiger partial charge on any atom is -0.457 e. The van der Waals surface area contributed by atoms with Gasteiger partial charge in [-0.1, -0.05) is 72.8 Å². The van der Waals surface area contributed by atoms with Crippen molar-refractivity contribution in [3.8, 4) is 0 Å². The smallest absolute Gasteiger partial charge is 0.409 e. The monoisotopic (exact) mass is 794 g/mol. The van der Waals surface area contributed by atoms with E-state index in [1.807, 2.05) is 65.8 Å². The molecule has 2 aliphatic heterocycles. The van der Waals surface area contributed by atoms with Crippen molar-refractivity contribution in [1.82, 2.24) is 4.90 Å². The van der Waals surface area contributed by atoms with Crippen molar-refractivity contribution in [3.63, 3.8) is 0 Å². The van der Waals surface area contributed by atoms with E-state index < -0.39 is 38.4 Å². The van der Waals surface area contributed by atoms with Gasteiger partial charge in [-0.2, -0.15) is 0 Å². The summed E-state index contributed by atoms with van der Waals surface area (Å²) in [6, 6.07) is 2.84. The van der Waals surface area contributed by atoms with E-state index in [-0.39, 0.29) is 60.7 Å². The number of carbonyl (C=O) groups is 3. The molecule has 0 radical (unpaired) electrons. The molecule has 2 rings (SSSR count). The van der Waals surface area contributed by atoms with Crippen molar-refractivity contribution in [2.24, 2.45) is 17.8 Å². The maximum absolute atomic E-state index is 13.8. The Bertz CT molecular complexity index is 1290. The second kappa shape index (κ2) is 23.0. The molecule has 0 N–H and O–H groups in total. The lowest BCUT2D eigenvalue weighted by Gasteiger charge is -2.40. The van der Waals surface area contributed by atoms with Gasteiger partial charge in [0.15, 0.2) is 14.6 Å². The van der Waals surface area contributed by atoms with Gasteiger partial charge >= 0.3 is 18.0 Å². The third-order valence-corrected chi connectivity index (χ3v) is 16.1. The number of amides is 1. The van der Waals surface area contributed by atoms with E-state index in [0.29, 0.717) is 19.4 Å². The highest BCUT2D eigenvalue weighted by Gasteiger charge is 2.46. The number of carbonyl (C=O) groups excluding carboxylic acids is 3. The van der Waals surface area contributed by atoms with Crippen LogP contribution >= 0.6 is 0 Å². The molecule has 0 aliphatic carbocycles. The van der Waals surface area contributed by atoms with Crippen molar-refractivity contribution in [3.05, 3.63) is 36.0 Å². The van der Waals surface area contributed by atoms with Crippen molar-refractivity contribution < 1.29 is 47.2 Å². The Morgan fingerprint density at radius 3 is 2.27 bits per heavy atom. The van der Waals surface area contributed by atoms with E-state index in [2.05, 4.69) is 40.7 Å².